The third-order valence-electron chi connectivity index (χ3n) is 7.11. The van der Waals surface area contributed by atoms with Gasteiger partial charge in [0.15, 0.2) is 5.82 Å². The molecule has 158 valence electrons. The Balaban J connectivity index is 1.65. The zero-order chi connectivity index (χ0) is 21.7. The first-order valence-electron chi connectivity index (χ1n) is 11.3. The maximum atomic E-state index is 4.92. The van der Waals surface area contributed by atoms with Crippen LogP contribution in [0.15, 0.2) is 48.7 Å². The molecule has 3 nitrogen and oxygen atoms in total. The van der Waals surface area contributed by atoms with E-state index in [9.17, 15) is 0 Å². The highest BCUT2D eigenvalue weighted by Gasteiger charge is 2.23. The molecule has 0 radical (unpaired) electrons. The van der Waals surface area contributed by atoms with Crippen LogP contribution < -0.4 is 4.90 Å². The van der Waals surface area contributed by atoms with Gasteiger partial charge in [0, 0.05) is 36.9 Å². The smallest absolute Gasteiger partial charge is 0.153 e. The Morgan fingerprint density at radius 1 is 0.903 bits per heavy atom. The number of hydrogen-bond acceptors (Lipinski definition) is 2. The Labute approximate surface area is 185 Å². The summed E-state index contributed by atoms with van der Waals surface area (Å²) in [6.45, 7) is 14.0. The van der Waals surface area contributed by atoms with E-state index in [2.05, 4.69) is 86.6 Å². The molecule has 0 amide bonds. The van der Waals surface area contributed by atoms with Crippen molar-refractivity contribution in [2.75, 3.05) is 11.4 Å². The highest BCUT2D eigenvalue weighted by molar-refractivity contribution is 5.93. The largest absolute Gasteiger partial charge is 0.350 e. The van der Waals surface area contributed by atoms with E-state index in [1.54, 1.807) is 0 Å². The van der Waals surface area contributed by atoms with Gasteiger partial charge < -0.3 is 9.47 Å². The summed E-state index contributed by atoms with van der Waals surface area (Å²) in [5, 5.41) is 1.32. The van der Waals surface area contributed by atoms with Crippen molar-refractivity contribution in [3.63, 3.8) is 0 Å². The number of benzene rings is 2. The van der Waals surface area contributed by atoms with Crippen molar-refractivity contribution >= 4 is 16.7 Å². The van der Waals surface area contributed by atoms with Crippen molar-refractivity contribution in [1.82, 2.24) is 9.55 Å². The number of aryl methyl sites for hydroxylation is 4. The van der Waals surface area contributed by atoms with Crippen molar-refractivity contribution < 1.29 is 0 Å². The maximum absolute atomic E-state index is 4.92. The Kier molecular flexibility index (Phi) is 4.85. The van der Waals surface area contributed by atoms with Crippen molar-refractivity contribution in [1.29, 1.82) is 0 Å². The lowest BCUT2D eigenvalue weighted by Crippen LogP contribution is -2.31. The molecule has 4 aromatic rings. The predicted molar refractivity (Wildman–Crippen MR) is 130 cm³/mol. The summed E-state index contributed by atoms with van der Waals surface area (Å²) in [5.74, 6) is 1.12. The minimum absolute atomic E-state index is 0.886. The standard InChI is InChI=1S/C28H31N3/c1-18-14-19(2)26(20(3)15-18)17-31-22(5)21(4)25-10-12-29-28(27(25)31)30-13-11-23-8-6-7-9-24(23)16-30/h6-10,12,14-15H,11,13,16-17H2,1-5H3. The van der Waals surface area contributed by atoms with E-state index in [0.29, 0.717) is 0 Å². The molecule has 0 saturated carbocycles. The Morgan fingerprint density at radius 2 is 1.61 bits per heavy atom. The van der Waals surface area contributed by atoms with E-state index in [0.717, 1.165) is 31.9 Å². The minimum atomic E-state index is 0.886. The van der Waals surface area contributed by atoms with Crippen LogP contribution >= 0.6 is 0 Å². The third-order valence-corrected chi connectivity index (χ3v) is 7.11. The fourth-order valence-electron chi connectivity index (χ4n) is 5.30. The summed E-state index contributed by atoms with van der Waals surface area (Å²) < 4.78 is 2.50. The molecule has 2 aromatic heterocycles. The number of hydrogen-bond donors (Lipinski definition) is 0. The van der Waals surface area contributed by atoms with Crippen LogP contribution in [-0.2, 0) is 19.5 Å². The number of pyridine rings is 1. The number of nitrogens with zero attached hydrogens (tertiary/aromatic N) is 3. The van der Waals surface area contributed by atoms with Crippen molar-refractivity contribution in [3.8, 4) is 0 Å². The van der Waals surface area contributed by atoms with Crippen molar-refractivity contribution in [2.24, 2.45) is 0 Å². The van der Waals surface area contributed by atoms with Gasteiger partial charge in [-0.25, -0.2) is 4.98 Å². The average Bonchev–Trinajstić information content (AvgIpc) is 3.00. The van der Waals surface area contributed by atoms with E-state index >= 15 is 0 Å². The van der Waals surface area contributed by atoms with Crippen molar-refractivity contribution in [3.05, 3.63) is 93.3 Å². The molecule has 1 aliphatic heterocycles. The quantitative estimate of drug-likeness (QED) is 0.402. The molecule has 2 aromatic carbocycles. The van der Waals surface area contributed by atoms with Gasteiger partial charge in [0.05, 0.1) is 5.52 Å². The van der Waals surface area contributed by atoms with Gasteiger partial charge in [-0.3, -0.25) is 0 Å². The molecule has 0 bridgehead atoms. The summed E-state index contributed by atoms with van der Waals surface area (Å²) in [5.41, 5.74) is 12.4. The maximum Gasteiger partial charge on any atom is 0.153 e. The highest BCUT2D eigenvalue weighted by atomic mass is 15.2. The molecule has 0 fully saturated rings. The van der Waals surface area contributed by atoms with Gasteiger partial charge in [-0.05, 0) is 80.5 Å². The first-order chi connectivity index (χ1) is 14.9. The molecular formula is C28H31N3. The number of anilines is 1. The van der Waals surface area contributed by atoms with E-state index < -0.39 is 0 Å². The summed E-state index contributed by atoms with van der Waals surface area (Å²) in [7, 11) is 0. The fourth-order valence-corrected chi connectivity index (χ4v) is 5.30. The molecule has 0 aliphatic carbocycles. The summed E-state index contributed by atoms with van der Waals surface area (Å²) in [4.78, 5) is 7.39. The van der Waals surface area contributed by atoms with Crippen molar-refractivity contribution in [2.45, 2.75) is 54.1 Å². The average molecular weight is 410 g/mol. The van der Waals surface area contributed by atoms with E-state index in [1.807, 2.05) is 6.20 Å². The van der Waals surface area contributed by atoms with Crippen LogP contribution in [0.4, 0.5) is 5.82 Å². The number of rotatable bonds is 3. The van der Waals surface area contributed by atoms with Crippen LogP contribution in [0, 0.1) is 34.6 Å². The van der Waals surface area contributed by atoms with Crippen LogP contribution in [0.25, 0.3) is 10.9 Å². The first-order valence-corrected chi connectivity index (χ1v) is 11.3. The van der Waals surface area contributed by atoms with Crippen LogP contribution in [0.3, 0.4) is 0 Å². The Hall–Kier alpha value is -3.07. The van der Waals surface area contributed by atoms with Crippen LogP contribution in [0.2, 0.25) is 0 Å². The van der Waals surface area contributed by atoms with Gasteiger partial charge >= 0.3 is 0 Å². The lowest BCUT2D eigenvalue weighted by atomic mass is 9.99. The van der Waals surface area contributed by atoms with Crippen LogP contribution in [0.1, 0.15) is 44.6 Å². The van der Waals surface area contributed by atoms with Crippen LogP contribution in [-0.4, -0.2) is 16.1 Å². The molecule has 0 spiro atoms. The first kappa shape index (κ1) is 19.9. The lowest BCUT2D eigenvalue weighted by Gasteiger charge is -2.30. The third kappa shape index (κ3) is 3.33. The highest BCUT2D eigenvalue weighted by Crippen LogP contribution is 2.35. The van der Waals surface area contributed by atoms with Crippen LogP contribution in [0.5, 0.6) is 0 Å². The second-order valence-corrected chi connectivity index (χ2v) is 9.14. The second kappa shape index (κ2) is 7.56. The zero-order valence-corrected chi connectivity index (χ0v) is 19.3. The monoisotopic (exact) mass is 409 g/mol. The summed E-state index contributed by atoms with van der Waals surface area (Å²) in [6.07, 6.45) is 3.06. The van der Waals surface area contributed by atoms with Gasteiger partial charge in [0.1, 0.15) is 0 Å². The van der Waals surface area contributed by atoms with Gasteiger partial charge in [-0.2, -0.15) is 0 Å². The molecule has 3 heteroatoms. The molecule has 0 unspecified atom stereocenters. The van der Waals surface area contributed by atoms with E-state index in [4.69, 9.17) is 4.98 Å². The summed E-state index contributed by atoms with van der Waals surface area (Å²) >= 11 is 0. The lowest BCUT2D eigenvalue weighted by molar-refractivity contribution is 0.716. The summed E-state index contributed by atoms with van der Waals surface area (Å²) in [6, 6.07) is 15.6. The fraction of sp³-hybridized carbons (Fsp3) is 0.321. The minimum Gasteiger partial charge on any atom is -0.350 e. The molecule has 5 rings (SSSR count). The van der Waals surface area contributed by atoms with Gasteiger partial charge in [0.25, 0.3) is 0 Å². The van der Waals surface area contributed by atoms with Gasteiger partial charge in [-0.15, -0.1) is 0 Å². The topological polar surface area (TPSA) is 21.1 Å². The molecule has 1 aliphatic rings. The van der Waals surface area contributed by atoms with Gasteiger partial charge in [0.2, 0.25) is 0 Å². The second-order valence-electron chi connectivity index (χ2n) is 9.14. The number of fused-ring (bicyclic) bond motifs is 2. The molecule has 0 saturated heterocycles. The molecule has 0 atom stereocenters. The van der Waals surface area contributed by atoms with Gasteiger partial charge in [-0.1, -0.05) is 42.0 Å². The molecule has 0 N–H and O–H groups in total. The number of aromatic nitrogens is 2. The SMILES string of the molecule is Cc1cc(C)c(Cn2c(C)c(C)c3ccnc(N4CCc5ccccc5C4)c32)c(C)c1. The predicted octanol–water partition coefficient (Wildman–Crippen LogP) is 6.19. The van der Waals surface area contributed by atoms with E-state index in [-0.39, 0.29) is 0 Å². The van der Waals surface area contributed by atoms with E-state index in [1.165, 1.54) is 55.5 Å². The molecule has 31 heavy (non-hydrogen) atoms. The molecule has 3 heterocycles. The Morgan fingerprint density at radius 3 is 2.35 bits per heavy atom. The molecular weight excluding hydrogens is 378 g/mol. The zero-order valence-electron chi connectivity index (χ0n) is 19.3. The normalized spacial score (nSPS) is 13.6. The Bertz CT molecular complexity index is 1270.